The van der Waals surface area contributed by atoms with Gasteiger partial charge in [0.05, 0.1) is 0 Å². The van der Waals surface area contributed by atoms with Gasteiger partial charge in [0.25, 0.3) is 0 Å². The smallest absolute Gasteiger partial charge is 0.504 e. The van der Waals surface area contributed by atoms with Crippen molar-refractivity contribution in [3.8, 4) is 11.5 Å². The molecule has 0 spiro atoms. The van der Waals surface area contributed by atoms with Gasteiger partial charge in [-0.2, -0.15) is 0 Å². The number of ether oxygens (including phenoxy) is 1. The van der Waals surface area contributed by atoms with Gasteiger partial charge >= 0.3 is 7.69 Å². The van der Waals surface area contributed by atoms with Gasteiger partial charge in [0.1, 0.15) is 12.4 Å². The van der Waals surface area contributed by atoms with Gasteiger partial charge in [0.15, 0.2) is 11.5 Å². The summed E-state index contributed by atoms with van der Waals surface area (Å²) in [5.41, 5.74) is 0. The van der Waals surface area contributed by atoms with E-state index in [1.54, 1.807) is 31.2 Å². The third-order valence-corrected chi connectivity index (χ3v) is 1.85. The SMILES string of the molecule is CCC(=O)COc1ccccc1OBO. The van der Waals surface area contributed by atoms with E-state index in [9.17, 15) is 4.79 Å². The van der Waals surface area contributed by atoms with Crippen molar-refractivity contribution >= 4 is 13.5 Å². The van der Waals surface area contributed by atoms with Crippen LogP contribution < -0.4 is 9.39 Å². The summed E-state index contributed by atoms with van der Waals surface area (Å²) in [5, 5.41) is 8.62. The molecule has 1 N–H and O–H groups in total. The fourth-order valence-electron chi connectivity index (χ4n) is 1.02. The number of rotatable bonds is 6. The van der Waals surface area contributed by atoms with Crippen molar-refractivity contribution in [3.05, 3.63) is 24.3 Å². The number of carbonyl (C=O) groups is 1. The topological polar surface area (TPSA) is 55.8 Å². The van der Waals surface area contributed by atoms with Crippen molar-refractivity contribution in [2.75, 3.05) is 6.61 Å². The van der Waals surface area contributed by atoms with Crippen LogP contribution in [0.5, 0.6) is 11.5 Å². The summed E-state index contributed by atoms with van der Waals surface area (Å²) in [6.45, 7) is 1.81. The van der Waals surface area contributed by atoms with Gasteiger partial charge in [-0.15, -0.1) is 0 Å². The average molecular weight is 208 g/mol. The van der Waals surface area contributed by atoms with Crippen LogP contribution in [-0.4, -0.2) is 25.1 Å². The third kappa shape index (κ3) is 3.63. The highest BCUT2D eigenvalue weighted by molar-refractivity contribution is 6.17. The molecule has 0 aliphatic heterocycles. The number of hydrogen-bond donors (Lipinski definition) is 1. The molecule has 0 aromatic heterocycles. The lowest BCUT2D eigenvalue weighted by Gasteiger charge is -2.10. The predicted octanol–water partition coefficient (Wildman–Crippen LogP) is 0.682. The molecule has 1 rings (SSSR count). The molecule has 4 nitrogen and oxygen atoms in total. The Balaban J connectivity index is 2.62. The Morgan fingerprint density at radius 3 is 2.67 bits per heavy atom. The molecule has 15 heavy (non-hydrogen) atoms. The second kappa shape index (κ2) is 6.08. The summed E-state index contributed by atoms with van der Waals surface area (Å²) in [4.78, 5) is 11.0. The summed E-state index contributed by atoms with van der Waals surface area (Å²) >= 11 is 0. The van der Waals surface area contributed by atoms with Crippen LogP contribution in [0.1, 0.15) is 13.3 Å². The van der Waals surface area contributed by atoms with E-state index in [0.717, 1.165) is 0 Å². The standard InChI is InChI=1S/C10H13BO4/c1-2-8(12)7-14-9-5-3-4-6-10(9)15-11-13/h3-6,11,13H,2,7H2,1H3. The molecule has 0 aliphatic carbocycles. The average Bonchev–Trinajstić information content (AvgIpc) is 2.28. The monoisotopic (exact) mass is 208 g/mol. The van der Waals surface area contributed by atoms with Crippen molar-refractivity contribution in [1.29, 1.82) is 0 Å². The van der Waals surface area contributed by atoms with Crippen molar-refractivity contribution in [2.45, 2.75) is 13.3 Å². The lowest BCUT2D eigenvalue weighted by molar-refractivity contribution is -0.120. The van der Waals surface area contributed by atoms with Crippen LogP contribution in [0.2, 0.25) is 0 Å². The lowest BCUT2D eigenvalue weighted by Crippen LogP contribution is -2.11. The molecule has 0 saturated heterocycles. The Bertz CT molecular complexity index is 327. The summed E-state index contributed by atoms with van der Waals surface area (Å²) in [7, 11) is -0.415. The van der Waals surface area contributed by atoms with E-state index >= 15 is 0 Å². The first-order chi connectivity index (χ1) is 7.27. The van der Waals surface area contributed by atoms with Crippen molar-refractivity contribution < 1.29 is 19.2 Å². The van der Waals surface area contributed by atoms with Crippen LogP contribution in [0, 0.1) is 0 Å². The van der Waals surface area contributed by atoms with E-state index in [1.165, 1.54) is 0 Å². The molecule has 0 unspecified atom stereocenters. The molecule has 0 bridgehead atoms. The lowest BCUT2D eigenvalue weighted by atomic mass is 10.3. The van der Waals surface area contributed by atoms with E-state index in [1.807, 2.05) is 0 Å². The highest BCUT2D eigenvalue weighted by Gasteiger charge is 2.05. The van der Waals surface area contributed by atoms with Crippen LogP contribution in [0.3, 0.4) is 0 Å². The maximum atomic E-state index is 11.0. The largest absolute Gasteiger partial charge is 0.536 e. The molecule has 1 aromatic rings. The zero-order chi connectivity index (χ0) is 11.1. The first-order valence-electron chi connectivity index (χ1n) is 4.75. The van der Waals surface area contributed by atoms with Gasteiger partial charge in [-0.3, -0.25) is 4.79 Å². The molecule has 0 aliphatic rings. The molecule has 5 heteroatoms. The minimum absolute atomic E-state index is 0.0220. The summed E-state index contributed by atoms with van der Waals surface area (Å²) in [6, 6.07) is 6.89. The first kappa shape index (κ1) is 11.6. The third-order valence-electron chi connectivity index (χ3n) is 1.85. The molecule has 0 saturated carbocycles. The molecule has 0 atom stereocenters. The van der Waals surface area contributed by atoms with E-state index in [2.05, 4.69) is 0 Å². The molecule has 1 aromatic carbocycles. The Labute approximate surface area is 89.1 Å². The maximum Gasteiger partial charge on any atom is 0.504 e. The molecule has 0 amide bonds. The fourth-order valence-corrected chi connectivity index (χ4v) is 1.02. The van der Waals surface area contributed by atoms with E-state index in [-0.39, 0.29) is 12.4 Å². The van der Waals surface area contributed by atoms with Gasteiger partial charge in [-0.05, 0) is 12.1 Å². The zero-order valence-corrected chi connectivity index (χ0v) is 8.60. The quantitative estimate of drug-likeness (QED) is 0.698. The van der Waals surface area contributed by atoms with Gasteiger partial charge < -0.3 is 14.4 Å². The molecule has 80 valence electrons. The highest BCUT2D eigenvalue weighted by atomic mass is 16.5. The summed E-state index contributed by atoms with van der Waals surface area (Å²) < 4.78 is 10.2. The number of carbonyl (C=O) groups excluding carboxylic acids is 1. The number of hydrogen-bond acceptors (Lipinski definition) is 4. The molecule has 0 fully saturated rings. The van der Waals surface area contributed by atoms with Crippen LogP contribution in [-0.2, 0) is 4.79 Å². The van der Waals surface area contributed by atoms with Crippen molar-refractivity contribution in [3.63, 3.8) is 0 Å². The van der Waals surface area contributed by atoms with Gasteiger partial charge in [0, 0.05) is 6.42 Å². The van der Waals surface area contributed by atoms with E-state index < -0.39 is 7.69 Å². The molecule has 0 heterocycles. The van der Waals surface area contributed by atoms with E-state index in [0.29, 0.717) is 17.9 Å². The number of ketones is 1. The summed E-state index contributed by atoms with van der Waals surface area (Å²) in [6.07, 6.45) is 0.447. The molecular weight excluding hydrogens is 195 g/mol. The Morgan fingerprint density at radius 2 is 2.07 bits per heavy atom. The second-order valence-corrected chi connectivity index (χ2v) is 2.90. The van der Waals surface area contributed by atoms with E-state index in [4.69, 9.17) is 14.4 Å². The second-order valence-electron chi connectivity index (χ2n) is 2.90. The molecular formula is C10H13BO4. The normalized spacial score (nSPS) is 9.47. The predicted molar refractivity (Wildman–Crippen MR) is 57.2 cm³/mol. The minimum Gasteiger partial charge on any atom is -0.536 e. The number of benzene rings is 1. The van der Waals surface area contributed by atoms with Crippen LogP contribution in [0.25, 0.3) is 0 Å². The highest BCUT2D eigenvalue weighted by Crippen LogP contribution is 2.25. The van der Waals surface area contributed by atoms with Gasteiger partial charge in [-0.1, -0.05) is 19.1 Å². The minimum atomic E-state index is -0.415. The van der Waals surface area contributed by atoms with Crippen LogP contribution in [0.4, 0.5) is 0 Å². The van der Waals surface area contributed by atoms with Gasteiger partial charge in [-0.25, -0.2) is 0 Å². The van der Waals surface area contributed by atoms with Crippen molar-refractivity contribution in [2.24, 2.45) is 0 Å². The Hall–Kier alpha value is -1.49. The van der Waals surface area contributed by atoms with Crippen molar-refractivity contribution in [1.82, 2.24) is 0 Å². The number of para-hydroxylation sites is 2. The summed E-state index contributed by atoms with van der Waals surface area (Å²) in [5.74, 6) is 0.922. The Morgan fingerprint density at radius 1 is 1.40 bits per heavy atom. The first-order valence-corrected chi connectivity index (χ1v) is 4.75. The molecule has 0 radical (unpaired) electrons. The number of Topliss-reactive ketones (excluding diaryl/α,β-unsaturated/α-hetero) is 1. The van der Waals surface area contributed by atoms with Gasteiger partial charge in [0.2, 0.25) is 0 Å². The zero-order valence-electron chi connectivity index (χ0n) is 8.60. The Kier molecular flexibility index (Phi) is 4.70. The van der Waals surface area contributed by atoms with Crippen LogP contribution >= 0.6 is 0 Å². The maximum absolute atomic E-state index is 11.0. The van der Waals surface area contributed by atoms with Crippen LogP contribution in [0.15, 0.2) is 24.3 Å². The fraction of sp³-hybridized carbons (Fsp3) is 0.300.